The molecule has 23 heavy (non-hydrogen) atoms. The Morgan fingerprint density at radius 1 is 1.22 bits per heavy atom. The number of benzene rings is 1. The van der Waals surface area contributed by atoms with Gasteiger partial charge in [-0.1, -0.05) is 30.3 Å². The topological polar surface area (TPSA) is 66.0 Å². The summed E-state index contributed by atoms with van der Waals surface area (Å²) in [7, 11) is 3.47. The zero-order valence-corrected chi connectivity index (χ0v) is 14.3. The van der Waals surface area contributed by atoms with Crippen LogP contribution in [-0.2, 0) is 16.1 Å². The molecule has 0 aliphatic heterocycles. The van der Waals surface area contributed by atoms with E-state index in [0.29, 0.717) is 19.1 Å². The molecule has 0 fully saturated rings. The fourth-order valence-corrected chi connectivity index (χ4v) is 1.77. The Morgan fingerprint density at radius 2 is 1.96 bits per heavy atom. The van der Waals surface area contributed by atoms with Gasteiger partial charge in [-0.05, 0) is 18.9 Å². The second-order valence-corrected chi connectivity index (χ2v) is 5.27. The van der Waals surface area contributed by atoms with E-state index in [1.807, 2.05) is 37.3 Å². The highest BCUT2D eigenvalue weighted by atomic mass is 16.5. The first-order valence-electron chi connectivity index (χ1n) is 7.97. The van der Waals surface area contributed by atoms with Gasteiger partial charge in [0.25, 0.3) is 0 Å². The van der Waals surface area contributed by atoms with Crippen molar-refractivity contribution in [2.75, 3.05) is 40.4 Å². The van der Waals surface area contributed by atoms with Crippen molar-refractivity contribution in [2.24, 2.45) is 4.99 Å². The molecule has 1 rings (SSSR count). The molecule has 1 aromatic rings. The lowest BCUT2D eigenvalue weighted by molar-refractivity contribution is -0.127. The van der Waals surface area contributed by atoms with Crippen LogP contribution in [0.25, 0.3) is 0 Å². The Morgan fingerprint density at radius 3 is 2.61 bits per heavy atom. The maximum atomic E-state index is 11.7. The van der Waals surface area contributed by atoms with Crippen molar-refractivity contribution in [1.29, 1.82) is 0 Å². The SMILES string of the molecule is CCOCCCNC(=NCc1ccccc1)NCC(=O)N(C)C. The van der Waals surface area contributed by atoms with Gasteiger partial charge in [0.15, 0.2) is 5.96 Å². The van der Waals surface area contributed by atoms with Crippen LogP contribution in [0.3, 0.4) is 0 Å². The minimum Gasteiger partial charge on any atom is -0.382 e. The predicted octanol–water partition coefficient (Wildman–Crippen LogP) is 1.24. The van der Waals surface area contributed by atoms with Crippen LogP contribution in [0, 0.1) is 0 Å². The van der Waals surface area contributed by atoms with Crippen molar-refractivity contribution >= 4 is 11.9 Å². The van der Waals surface area contributed by atoms with E-state index in [0.717, 1.165) is 25.1 Å². The highest BCUT2D eigenvalue weighted by Gasteiger charge is 2.05. The van der Waals surface area contributed by atoms with Crippen LogP contribution < -0.4 is 10.6 Å². The zero-order chi connectivity index (χ0) is 16.9. The van der Waals surface area contributed by atoms with Crippen molar-refractivity contribution in [3.63, 3.8) is 0 Å². The van der Waals surface area contributed by atoms with Gasteiger partial charge in [-0.3, -0.25) is 4.79 Å². The van der Waals surface area contributed by atoms with Gasteiger partial charge in [0, 0.05) is 33.9 Å². The van der Waals surface area contributed by atoms with Gasteiger partial charge in [-0.15, -0.1) is 0 Å². The van der Waals surface area contributed by atoms with Crippen molar-refractivity contribution in [2.45, 2.75) is 19.9 Å². The lowest BCUT2D eigenvalue weighted by Crippen LogP contribution is -2.43. The maximum absolute atomic E-state index is 11.7. The number of nitrogens with zero attached hydrogens (tertiary/aromatic N) is 2. The summed E-state index contributed by atoms with van der Waals surface area (Å²) < 4.78 is 5.31. The van der Waals surface area contributed by atoms with E-state index in [1.165, 1.54) is 0 Å². The number of likely N-dealkylation sites (N-methyl/N-ethyl adjacent to an activating group) is 1. The van der Waals surface area contributed by atoms with Gasteiger partial charge in [-0.25, -0.2) is 4.99 Å². The number of hydrogen-bond acceptors (Lipinski definition) is 3. The number of carbonyl (C=O) groups excluding carboxylic acids is 1. The summed E-state index contributed by atoms with van der Waals surface area (Å²) in [5.74, 6) is 0.647. The molecular formula is C17H28N4O2. The molecule has 0 radical (unpaired) electrons. The van der Waals surface area contributed by atoms with Crippen LogP contribution in [0.4, 0.5) is 0 Å². The van der Waals surface area contributed by atoms with Crippen LogP contribution in [-0.4, -0.2) is 57.2 Å². The smallest absolute Gasteiger partial charge is 0.241 e. The largest absolute Gasteiger partial charge is 0.382 e. The highest BCUT2D eigenvalue weighted by Crippen LogP contribution is 1.99. The minimum absolute atomic E-state index is 0.00790. The van der Waals surface area contributed by atoms with E-state index in [4.69, 9.17) is 4.74 Å². The number of guanidine groups is 1. The first-order chi connectivity index (χ1) is 11.1. The lowest BCUT2D eigenvalue weighted by Gasteiger charge is -2.15. The fraction of sp³-hybridized carbons (Fsp3) is 0.529. The molecule has 0 saturated carbocycles. The third kappa shape index (κ3) is 8.83. The zero-order valence-electron chi connectivity index (χ0n) is 14.3. The molecule has 0 spiro atoms. The Labute approximate surface area is 138 Å². The molecule has 0 aromatic heterocycles. The second kappa shape index (κ2) is 11.5. The van der Waals surface area contributed by atoms with E-state index >= 15 is 0 Å². The van der Waals surface area contributed by atoms with E-state index < -0.39 is 0 Å². The van der Waals surface area contributed by atoms with Gasteiger partial charge in [0.1, 0.15) is 0 Å². The number of rotatable bonds is 9. The summed E-state index contributed by atoms with van der Waals surface area (Å²) >= 11 is 0. The molecule has 1 amide bonds. The van der Waals surface area contributed by atoms with Crippen molar-refractivity contribution < 1.29 is 9.53 Å². The van der Waals surface area contributed by atoms with E-state index in [2.05, 4.69) is 15.6 Å². The van der Waals surface area contributed by atoms with E-state index in [9.17, 15) is 4.79 Å². The summed E-state index contributed by atoms with van der Waals surface area (Å²) in [6.45, 7) is 4.96. The molecule has 0 atom stereocenters. The summed E-state index contributed by atoms with van der Waals surface area (Å²) in [6, 6.07) is 10.0. The number of nitrogens with one attached hydrogen (secondary N) is 2. The molecule has 1 aromatic carbocycles. The number of ether oxygens (including phenoxy) is 1. The average molecular weight is 320 g/mol. The number of carbonyl (C=O) groups is 1. The summed E-state index contributed by atoms with van der Waals surface area (Å²) in [4.78, 5) is 17.8. The summed E-state index contributed by atoms with van der Waals surface area (Å²) in [5.41, 5.74) is 1.13. The van der Waals surface area contributed by atoms with Crippen LogP contribution in [0.1, 0.15) is 18.9 Å². The quantitative estimate of drug-likeness (QED) is 0.408. The van der Waals surface area contributed by atoms with Crippen LogP contribution >= 0.6 is 0 Å². The summed E-state index contributed by atoms with van der Waals surface area (Å²) in [6.07, 6.45) is 0.890. The molecule has 0 saturated heterocycles. The van der Waals surface area contributed by atoms with Crippen molar-refractivity contribution in [1.82, 2.24) is 15.5 Å². The monoisotopic (exact) mass is 320 g/mol. The standard InChI is InChI=1S/C17H28N4O2/c1-4-23-12-8-11-18-17(20-14-16(22)21(2)3)19-13-15-9-6-5-7-10-15/h5-7,9-10H,4,8,11-14H2,1-3H3,(H2,18,19,20). The van der Waals surface area contributed by atoms with Crippen molar-refractivity contribution in [3.8, 4) is 0 Å². The van der Waals surface area contributed by atoms with Gasteiger partial charge >= 0.3 is 0 Å². The molecule has 0 aliphatic carbocycles. The Hall–Kier alpha value is -2.08. The number of amides is 1. The van der Waals surface area contributed by atoms with Crippen LogP contribution in [0.15, 0.2) is 35.3 Å². The third-order valence-corrected chi connectivity index (χ3v) is 3.13. The molecule has 0 aliphatic rings. The van der Waals surface area contributed by atoms with E-state index in [-0.39, 0.29) is 12.5 Å². The first-order valence-corrected chi connectivity index (χ1v) is 7.97. The van der Waals surface area contributed by atoms with Gasteiger partial charge in [-0.2, -0.15) is 0 Å². The third-order valence-electron chi connectivity index (χ3n) is 3.13. The van der Waals surface area contributed by atoms with Crippen molar-refractivity contribution in [3.05, 3.63) is 35.9 Å². The van der Waals surface area contributed by atoms with Gasteiger partial charge < -0.3 is 20.3 Å². The lowest BCUT2D eigenvalue weighted by atomic mass is 10.2. The number of hydrogen-bond donors (Lipinski definition) is 2. The van der Waals surface area contributed by atoms with Gasteiger partial charge in [0.05, 0.1) is 13.1 Å². The van der Waals surface area contributed by atoms with E-state index in [1.54, 1.807) is 19.0 Å². The molecule has 6 nitrogen and oxygen atoms in total. The Balaban J connectivity index is 2.50. The fourth-order valence-electron chi connectivity index (χ4n) is 1.77. The Bertz CT molecular complexity index is 475. The maximum Gasteiger partial charge on any atom is 0.241 e. The average Bonchev–Trinajstić information content (AvgIpc) is 2.56. The molecule has 128 valence electrons. The second-order valence-electron chi connectivity index (χ2n) is 5.27. The predicted molar refractivity (Wildman–Crippen MR) is 93.4 cm³/mol. The first kappa shape index (κ1) is 19.0. The molecule has 6 heteroatoms. The van der Waals surface area contributed by atoms with Crippen LogP contribution in [0.2, 0.25) is 0 Å². The molecule has 0 unspecified atom stereocenters. The summed E-state index contributed by atoms with van der Waals surface area (Å²) in [5, 5.41) is 6.30. The molecule has 0 heterocycles. The minimum atomic E-state index is 0.00790. The normalized spacial score (nSPS) is 11.2. The molecule has 0 bridgehead atoms. The number of aliphatic imine (C=N–C) groups is 1. The molecule has 2 N–H and O–H groups in total. The highest BCUT2D eigenvalue weighted by molar-refractivity contribution is 5.86. The Kier molecular flexibility index (Phi) is 9.47. The van der Waals surface area contributed by atoms with Gasteiger partial charge in [0.2, 0.25) is 5.91 Å². The molecular weight excluding hydrogens is 292 g/mol. The van der Waals surface area contributed by atoms with Crippen LogP contribution in [0.5, 0.6) is 0 Å².